The molecule has 0 unspecified atom stereocenters. The second-order valence-electron chi connectivity index (χ2n) is 3.90. The van der Waals surface area contributed by atoms with Gasteiger partial charge in [0.25, 0.3) is 5.91 Å². The molecule has 0 aromatic carbocycles. The van der Waals surface area contributed by atoms with E-state index >= 15 is 0 Å². The molecule has 2 rings (SSSR count). The molecule has 0 saturated carbocycles. The lowest BCUT2D eigenvalue weighted by Crippen LogP contribution is -2.53. The van der Waals surface area contributed by atoms with Gasteiger partial charge in [-0.15, -0.1) is 5.10 Å². The second kappa shape index (κ2) is 5.76. The molecule has 2 heterocycles. The zero-order valence-electron chi connectivity index (χ0n) is 10.1. The minimum atomic E-state index is -0.0657. The van der Waals surface area contributed by atoms with E-state index in [0.29, 0.717) is 37.6 Å². The lowest BCUT2D eigenvalue weighted by molar-refractivity contribution is 0.0670. The molecule has 8 heteroatoms. The fraction of sp³-hybridized carbons (Fsp3) is 0.600. The van der Waals surface area contributed by atoms with Crippen LogP contribution in [0.25, 0.3) is 0 Å². The molecule has 1 aliphatic heterocycles. The molecular weight excluding hydrogens is 254 g/mol. The zero-order valence-corrected chi connectivity index (χ0v) is 10.9. The van der Waals surface area contributed by atoms with Crippen LogP contribution in [0.15, 0.2) is 6.20 Å². The number of piperazine rings is 1. The van der Waals surface area contributed by atoms with Crippen LogP contribution in [0.4, 0.5) is 4.79 Å². The Morgan fingerprint density at radius 1 is 1.33 bits per heavy atom. The van der Waals surface area contributed by atoms with Crippen LogP contribution >= 0.6 is 11.5 Å². The van der Waals surface area contributed by atoms with E-state index in [1.807, 2.05) is 6.92 Å². The average molecular weight is 269 g/mol. The Morgan fingerprint density at radius 3 is 2.56 bits per heavy atom. The Bertz CT molecular complexity index is 414. The van der Waals surface area contributed by atoms with Gasteiger partial charge in [-0.2, -0.15) is 0 Å². The van der Waals surface area contributed by atoms with Crippen LogP contribution in [0, 0.1) is 0 Å². The molecule has 1 aromatic heterocycles. The minimum absolute atomic E-state index is 0.0550. The van der Waals surface area contributed by atoms with Gasteiger partial charge >= 0.3 is 6.03 Å². The van der Waals surface area contributed by atoms with Crippen molar-refractivity contribution in [3.8, 4) is 0 Å². The van der Waals surface area contributed by atoms with Crippen molar-refractivity contribution in [3.05, 3.63) is 11.1 Å². The number of amides is 3. The average Bonchev–Trinajstić information content (AvgIpc) is 2.92. The van der Waals surface area contributed by atoms with Gasteiger partial charge in [0.05, 0.1) is 6.20 Å². The maximum atomic E-state index is 12.0. The summed E-state index contributed by atoms with van der Waals surface area (Å²) < 4.78 is 3.68. The lowest BCUT2D eigenvalue weighted by Gasteiger charge is -2.34. The molecule has 0 atom stereocenters. The molecule has 7 nitrogen and oxygen atoms in total. The van der Waals surface area contributed by atoms with E-state index in [9.17, 15) is 9.59 Å². The van der Waals surface area contributed by atoms with Gasteiger partial charge in [-0.1, -0.05) is 4.49 Å². The molecule has 0 radical (unpaired) electrons. The highest BCUT2D eigenvalue weighted by molar-refractivity contribution is 7.07. The third-order valence-electron chi connectivity index (χ3n) is 2.75. The van der Waals surface area contributed by atoms with Crippen molar-refractivity contribution in [1.29, 1.82) is 0 Å². The van der Waals surface area contributed by atoms with Gasteiger partial charge in [0.15, 0.2) is 0 Å². The van der Waals surface area contributed by atoms with Crippen LogP contribution in [0.2, 0.25) is 0 Å². The van der Waals surface area contributed by atoms with Gasteiger partial charge in [-0.05, 0) is 18.5 Å². The highest BCUT2D eigenvalue weighted by Gasteiger charge is 2.25. The van der Waals surface area contributed by atoms with Gasteiger partial charge in [0, 0.05) is 32.7 Å². The third kappa shape index (κ3) is 2.76. The summed E-state index contributed by atoms with van der Waals surface area (Å²) in [7, 11) is 0. The number of aromatic nitrogens is 2. The van der Waals surface area contributed by atoms with Crippen LogP contribution in [0.3, 0.4) is 0 Å². The minimum Gasteiger partial charge on any atom is -0.338 e. The predicted molar refractivity (Wildman–Crippen MR) is 66.5 cm³/mol. The second-order valence-corrected chi connectivity index (χ2v) is 4.68. The molecule has 18 heavy (non-hydrogen) atoms. The molecule has 1 aromatic rings. The highest BCUT2D eigenvalue weighted by Crippen LogP contribution is 2.10. The maximum absolute atomic E-state index is 12.0. The fourth-order valence-electron chi connectivity index (χ4n) is 1.79. The number of hydrogen-bond acceptors (Lipinski definition) is 5. The summed E-state index contributed by atoms with van der Waals surface area (Å²) in [5.41, 5.74) is 0. The number of carbonyl (C=O) groups is 2. The van der Waals surface area contributed by atoms with E-state index in [0.717, 1.165) is 11.5 Å². The highest BCUT2D eigenvalue weighted by atomic mass is 32.1. The molecule has 1 aliphatic rings. The summed E-state index contributed by atoms with van der Waals surface area (Å²) in [5, 5.41) is 6.40. The SMILES string of the molecule is CCNC(=O)N1CCN(C(=O)c2cnns2)CC1. The van der Waals surface area contributed by atoms with Gasteiger partial charge in [-0.3, -0.25) is 4.79 Å². The van der Waals surface area contributed by atoms with Gasteiger partial charge in [0.2, 0.25) is 0 Å². The standard InChI is InChI=1S/C10H15N5O2S/c1-2-11-10(17)15-5-3-14(4-6-15)9(16)8-7-12-13-18-8/h7H,2-6H2,1H3,(H,11,17). The van der Waals surface area contributed by atoms with E-state index < -0.39 is 0 Å². The summed E-state index contributed by atoms with van der Waals surface area (Å²) in [6.45, 7) is 4.72. The lowest BCUT2D eigenvalue weighted by atomic mass is 10.3. The Hall–Kier alpha value is -1.70. The first-order valence-corrected chi connectivity index (χ1v) is 6.59. The molecule has 98 valence electrons. The Labute approximate surface area is 109 Å². The van der Waals surface area contributed by atoms with Gasteiger partial charge in [-0.25, -0.2) is 4.79 Å². The predicted octanol–water partition coefficient (Wildman–Crippen LogP) is 0.0254. The van der Waals surface area contributed by atoms with Crippen LogP contribution in [0.5, 0.6) is 0 Å². The smallest absolute Gasteiger partial charge is 0.317 e. The van der Waals surface area contributed by atoms with Gasteiger partial charge in [0.1, 0.15) is 4.88 Å². The molecule has 1 fully saturated rings. The van der Waals surface area contributed by atoms with Crippen LogP contribution in [0.1, 0.15) is 16.6 Å². The molecule has 1 saturated heterocycles. The van der Waals surface area contributed by atoms with E-state index in [-0.39, 0.29) is 11.9 Å². The molecule has 0 spiro atoms. The van der Waals surface area contributed by atoms with Crippen molar-refractivity contribution in [2.24, 2.45) is 0 Å². The van der Waals surface area contributed by atoms with Gasteiger partial charge < -0.3 is 15.1 Å². The number of urea groups is 1. The normalized spacial score (nSPS) is 15.6. The number of rotatable bonds is 2. The van der Waals surface area contributed by atoms with E-state index in [2.05, 4.69) is 14.9 Å². The van der Waals surface area contributed by atoms with E-state index in [1.165, 1.54) is 6.20 Å². The molecule has 0 bridgehead atoms. The summed E-state index contributed by atoms with van der Waals surface area (Å²) in [6.07, 6.45) is 1.48. The number of nitrogens with one attached hydrogen (secondary N) is 1. The Balaban J connectivity index is 1.87. The quantitative estimate of drug-likeness (QED) is 0.821. The van der Waals surface area contributed by atoms with Crippen molar-refractivity contribution < 1.29 is 9.59 Å². The van der Waals surface area contributed by atoms with E-state index in [4.69, 9.17) is 0 Å². The Kier molecular flexibility index (Phi) is 4.08. The molecule has 3 amide bonds. The summed E-state index contributed by atoms with van der Waals surface area (Å²) in [5.74, 6) is -0.0550. The maximum Gasteiger partial charge on any atom is 0.317 e. The fourth-order valence-corrected chi connectivity index (χ4v) is 2.28. The largest absolute Gasteiger partial charge is 0.338 e. The monoisotopic (exact) mass is 269 g/mol. The topological polar surface area (TPSA) is 78.4 Å². The first-order chi connectivity index (χ1) is 8.72. The molecule has 1 N–H and O–H groups in total. The van der Waals surface area contributed by atoms with Crippen molar-refractivity contribution in [1.82, 2.24) is 24.7 Å². The van der Waals surface area contributed by atoms with Crippen LogP contribution < -0.4 is 5.32 Å². The van der Waals surface area contributed by atoms with E-state index in [1.54, 1.807) is 9.80 Å². The van der Waals surface area contributed by atoms with Crippen molar-refractivity contribution in [2.75, 3.05) is 32.7 Å². The molecule has 0 aliphatic carbocycles. The van der Waals surface area contributed by atoms with Crippen LogP contribution in [-0.2, 0) is 0 Å². The number of nitrogens with zero attached hydrogens (tertiary/aromatic N) is 4. The van der Waals surface area contributed by atoms with Crippen molar-refractivity contribution >= 4 is 23.5 Å². The Morgan fingerprint density at radius 2 is 2.00 bits per heavy atom. The summed E-state index contributed by atoms with van der Waals surface area (Å²) >= 11 is 1.09. The van der Waals surface area contributed by atoms with Crippen LogP contribution in [-0.4, -0.2) is 64.0 Å². The zero-order chi connectivity index (χ0) is 13.0. The summed E-state index contributed by atoms with van der Waals surface area (Å²) in [6, 6.07) is -0.0657. The first kappa shape index (κ1) is 12.7. The first-order valence-electron chi connectivity index (χ1n) is 5.81. The third-order valence-corrected chi connectivity index (χ3v) is 3.41. The van der Waals surface area contributed by atoms with Crippen molar-refractivity contribution in [3.63, 3.8) is 0 Å². The molecular formula is C10H15N5O2S. The number of hydrogen-bond donors (Lipinski definition) is 1. The van der Waals surface area contributed by atoms with Crippen molar-refractivity contribution in [2.45, 2.75) is 6.92 Å². The summed E-state index contributed by atoms with van der Waals surface area (Å²) in [4.78, 5) is 27.6. The number of carbonyl (C=O) groups excluding carboxylic acids is 2.